The molecule has 0 radical (unpaired) electrons. The number of aromatic nitrogens is 2. The molecule has 0 unspecified atom stereocenters. The molecule has 1 aliphatic rings. The minimum atomic E-state index is 1.14. The van der Waals surface area contributed by atoms with Gasteiger partial charge in [-0.3, -0.25) is 0 Å². The van der Waals surface area contributed by atoms with Crippen LogP contribution in [0.5, 0.6) is 0 Å². The molecule has 0 bridgehead atoms. The maximum atomic E-state index is 2.57. The van der Waals surface area contributed by atoms with Gasteiger partial charge in [0.15, 0.2) is 0 Å². The predicted molar refractivity (Wildman–Crippen MR) is 239 cm³/mol. The van der Waals surface area contributed by atoms with Gasteiger partial charge >= 0.3 is 0 Å². The molecule has 0 saturated carbocycles. The van der Waals surface area contributed by atoms with Crippen molar-refractivity contribution >= 4 is 103 Å². The van der Waals surface area contributed by atoms with Crippen molar-refractivity contribution < 1.29 is 0 Å². The van der Waals surface area contributed by atoms with Gasteiger partial charge in [-0.05, 0) is 106 Å². The number of anilines is 3. The van der Waals surface area contributed by atoms with Crippen molar-refractivity contribution in [1.29, 1.82) is 0 Å². The van der Waals surface area contributed by atoms with E-state index < -0.39 is 0 Å². The fourth-order valence-corrected chi connectivity index (χ4v) is 10.7. The maximum absolute atomic E-state index is 2.57. The Bertz CT molecular complexity index is 3590. The Morgan fingerprint density at radius 3 is 1.80 bits per heavy atom. The van der Waals surface area contributed by atoms with Crippen LogP contribution in [0.1, 0.15) is 0 Å². The zero-order valence-corrected chi connectivity index (χ0v) is 31.0. The van der Waals surface area contributed by atoms with Crippen LogP contribution in [0.25, 0.3) is 97.1 Å². The van der Waals surface area contributed by atoms with Gasteiger partial charge in [-0.15, -0.1) is 11.3 Å². The summed E-state index contributed by atoms with van der Waals surface area (Å²) in [5.74, 6) is 0. The first-order chi connectivity index (χ1) is 27.8. The molecule has 260 valence electrons. The first-order valence-electron chi connectivity index (χ1n) is 19.2. The normalized spacial score (nSPS) is 12.6. The lowest BCUT2D eigenvalue weighted by Gasteiger charge is -2.35. The van der Waals surface area contributed by atoms with E-state index in [9.17, 15) is 0 Å². The van der Waals surface area contributed by atoms with E-state index >= 15 is 0 Å². The van der Waals surface area contributed by atoms with Gasteiger partial charge in [0.05, 0.1) is 39.1 Å². The molecular weight excluding hydrogens is 699 g/mol. The molecule has 13 rings (SSSR count). The average molecular weight is 730 g/mol. The quantitative estimate of drug-likeness (QED) is 0.176. The van der Waals surface area contributed by atoms with Crippen LogP contribution < -0.4 is 4.90 Å². The second kappa shape index (κ2) is 11.2. The Morgan fingerprint density at radius 1 is 0.339 bits per heavy atom. The molecule has 4 heteroatoms. The molecule has 4 heterocycles. The average Bonchev–Trinajstić information content (AvgIpc) is 3.77. The van der Waals surface area contributed by atoms with Crippen molar-refractivity contribution in [1.82, 2.24) is 9.13 Å². The van der Waals surface area contributed by atoms with Crippen LogP contribution in [-0.4, -0.2) is 9.13 Å². The van der Waals surface area contributed by atoms with E-state index in [-0.39, 0.29) is 0 Å². The molecule has 0 N–H and O–H groups in total. The Morgan fingerprint density at radius 2 is 0.982 bits per heavy atom. The zero-order chi connectivity index (χ0) is 36.5. The molecule has 3 aromatic heterocycles. The fourth-order valence-electron chi connectivity index (χ4n) is 9.59. The minimum Gasteiger partial charge on any atom is -0.309 e. The second-order valence-corrected chi connectivity index (χ2v) is 16.0. The highest BCUT2D eigenvalue weighted by atomic mass is 32.1. The first kappa shape index (κ1) is 30.2. The molecule has 0 saturated heterocycles. The number of hydrogen-bond acceptors (Lipinski definition) is 2. The summed E-state index contributed by atoms with van der Waals surface area (Å²) in [7, 11) is 0. The van der Waals surface area contributed by atoms with Gasteiger partial charge in [0, 0.05) is 47.7 Å². The number of para-hydroxylation sites is 3. The number of nitrogens with zero attached hydrogens (tertiary/aromatic N) is 3. The summed E-state index contributed by atoms with van der Waals surface area (Å²) in [5, 5.41) is 10.1. The van der Waals surface area contributed by atoms with E-state index in [1.165, 1.54) is 97.1 Å². The number of rotatable bonds is 3. The SMILES string of the molecule is c1ccc(N2c3cc4ccccc4cc3-n3c4cccc5sc6cccc(c7cc(-c8ccc9c%10ccccc%10n(-c%10ccccc%10)c9c8)cc2c73)c6c54)cc1. The van der Waals surface area contributed by atoms with Crippen molar-refractivity contribution in [3.8, 4) is 22.5 Å². The number of hydrogen-bond donors (Lipinski definition) is 0. The van der Waals surface area contributed by atoms with Crippen molar-refractivity contribution in [3.05, 3.63) is 188 Å². The summed E-state index contributed by atoms with van der Waals surface area (Å²) in [6.07, 6.45) is 0. The van der Waals surface area contributed by atoms with Crippen LogP contribution in [0.3, 0.4) is 0 Å². The van der Waals surface area contributed by atoms with Crippen molar-refractivity contribution in [3.63, 3.8) is 0 Å². The molecule has 0 fully saturated rings. The molecule has 12 aromatic rings. The number of thiophene rings is 1. The van der Waals surface area contributed by atoms with Crippen molar-refractivity contribution in [2.75, 3.05) is 4.90 Å². The van der Waals surface area contributed by atoms with Crippen molar-refractivity contribution in [2.24, 2.45) is 0 Å². The first-order valence-corrected chi connectivity index (χ1v) is 20.0. The summed E-state index contributed by atoms with van der Waals surface area (Å²) in [6, 6.07) is 69.7. The summed E-state index contributed by atoms with van der Waals surface area (Å²) in [4.78, 5) is 2.50. The molecule has 0 spiro atoms. The molecule has 0 atom stereocenters. The minimum absolute atomic E-state index is 1.14. The Hall–Kier alpha value is -7.14. The van der Waals surface area contributed by atoms with Gasteiger partial charge in [0.1, 0.15) is 0 Å². The monoisotopic (exact) mass is 729 g/mol. The van der Waals surface area contributed by atoms with Crippen molar-refractivity contribution in [2.45, 2.75) is 0 Å². The second-order valence-electron chi connectivity index (χ2n) is 14.9. The maximum Gasteiger partial charge on any atom is 0.0783 e. The molecule has 1 aliphatic heterocycles. The lowest BCUT2D eigenvalue weighted by Crippen LogP contribution is -2.19. The summed E-state index contributed by atoms with van der Waals surface area (Å²) >= 11 is 1.89. The van der Waals surface area contributed by atoms with E-state index in [2.05, 4.69) is 202 Å². The summed E-state index contributed by atoms with van der Waals surface area (Å²) in [6.45, 7) is 0. The van der Waals surface area contributed by atoms with Gasteiger partial charge in [-0.1, -0.05) is 109 Å². The molecular formula is C52H31N3S. The van der Waals surface area contributed by atoms with Crippen LogP contribution in [0.2, 0.25) is 0 Å². The summed E-state index contributed by atoms with van der Waals surface area (Å²) in [5.41, 5.74) is 13.0. The standard InChI is InChI=1S/C52H31N3S/c1-3-15-36(16-4-1)53-42-21-10-9-19-38(42)39-26-25-34(28-44(39)53)35-27-41-40-20-11-23-48-50(40)51-43(22-12-24-49(51)56-48)55-46-30-33-14-8-7-13-32(33)29-45(46)54(47(31-35)52(41)55)37-17-5-2-6-18-37/h1-31H. The highest BCUT2D eigenvalue weighted by Crippen LogP contribution is 2.53. The molecule has 56 heavy (non-hydrogen) atoms. The van der Waals surface area contributed by atoms with E-state index in [0.717, 1.165) is 17.1 Å². The predicted octanol–water partition coefficient (Wildman–Crippen LogP) is 14.9. The smallest absolute Gasteiger partial charge is 0.0783 e. The van der Waals surface area contributed by atoms with E-state index in [1.54, 1.807) is 0 Å². The number of benzene rings is 9. The number of fused-ring (bicyclic) bond motifs is 8. The van der Waals surface area contributed by atoms with Gasteiger partial charge < -0.3 is 14.0 Å². The van der Waals surface area contributed by atoms with Crippen LogP contribution in [0.4, 0.5) is 17.1 Å². The highest BCUT2D eigenvalue weighted by Gasteiger charge is 2.30. The van der Waals surface area contributed by atoms with Gasteiger partial charge in [0.25, 0.3) is 0 Å². The molecule has 0 aliphatic carbocycles. The fraction of sp³-hybridized carbons (Fsp3) is 0. The van der Waals surface area contributed by atoms with Gasteiger partial charge in [-0.25, -0.2) is 0 Å². The lowest BCUT2D eigenvalue weighted by molar-refractivity contribution is 1.11. The van der Waals surface area contributed by atoms with Gasteiger partial charge in [-0.2, -0.15) is 0 Å². The Kier molecular flexibility index (Phi) is 6.04. The molecule has 0 amide bonds. The van der Waals surface area contributed by atoms with Crippen LogP contribution in [0, 0.1) is 0 Å². The van der Waals surface area contributed by atoms with Crippen LogP contribution in [0.15, 0.2) is 188 Å². The Labute approximate surface area is 326 Å². The van der Waals surface area contributed by atoms with E-state index in [1.807, 2.05) is 11.3 Å². The van der Waals surface area contributed by atoms with E-state index in [4.69, 9.17) is 0 Å². The zero-order valence-electron chi connectivity index (χ0n) is 30.1. The summed E-state index contributed by atoms with van der Waals surface area (Å²) < 4.78 is 7.61. The largest absolute Gasteiger partial charge is 0.309 e. The molecule has 3 nitrogen and oxygen atoms in total. The third kappa shape index (κ3) is 4.06. The van der Waals surface area contributed by atoms with Gasteiger partial charge in [0.2, 0.25) is 0 Å². The Balaban J connectivity index is 1.22. The van der Waals surface area contributed by atoms with Crippen LogP contribution >= 0.6 is 11.3 Å². The highest BCUT2D eigenvalue weighted by molar-refractivity contribution is 7.26. The third-order valence-electron chi connectivity index (χ3n) is 11.9. The van der Waals surface area contributed by atoms with Crippen LogP contribution in [-0.2, 0) is 0 Å². The lowest BCUT2D eigenvalue weighted by atomic mass is 9.96. The third-order valence-corrected chi connectivity index (χ3v) is 13.1. The topological polar surface area (TPSA) is 13.1 Å². The van der Waals surface area contributed by atoms with E-state index in [0.29, 0.717) is 0 Å². The molecule has 9 aromatic carbocycles.